The predicted molar refractivity (Wildman–Crippen MR) is 115 cm³/mol. The second-order valence-corrected chi connectivity index (χ2v) is 8.02. The van der Waals surface area contributed by atoms with Crippen molar-refractivity contribution in [2.45, 2.75) is 44.4 Å². The normalized spacial score (nSPS) is 18.9. The molecule has 0 unspecified atom stereocenters. The van der Waals surface area contributed by atoms with Gasteiger partial charge in [0, 0.05) is 41.8 Å². The van der Waals surface area contributed by atoms with Gasteiger partial charge in [0.2, 0.25) is 0 Å². The summed E-state index contributed by atoms with van der Waals surface area (Å²) in [7, 11) is 1.65. The monoisotopic (exact) mass is 409 g/mol. The third-order valence-electron chi connectivity index (χ3n) is 6.29. The Balaban J connectivity index is 1.43. The summed E-state index contributed by atoms with van der Waals surface area (Å²) < 4.78 is 19.0. The quantitative estimate of drug-likeness (QED) is 0.638. The van der Waals surface area contributed by atoms with Crippen molar-refractivity contribution in [3.8, 4) is 16.9 Å². The lowest BCUT2D eigenvalue weighted by Gasteiger charge is -2.36. The predicted octanol–water partition coefficient (Wildman–Crippen LogP) is 3.39. The SMILES string of the molecule is COc1c(C)c(-c2cccc(NC3CCC4(CC3)OCCO4)c2N)cn2ncnc12. The van der Waals surface area contributed by atoms with Crippen LogP contribution in [0.15, 0.2) is 30.7 Å². The average Bonchev–Trinajstić information content (AvgIpc) is 3.41. The van der Waals surface area contributed by atoms with E-state index in [1.807, 2.05) is 31.3 Å². The molecule has 3 aromatic rings. The molecule has 3 N–H and O–H groups in total. The van der Waals surface area contributed by atoms with Gasteiger partial charge in [0.1, 0.15) is 6.33 Å². The number of ether oxygens (including phenoxy) is 3. The molecule has 2 aromatic heterocycles. The Kier molecular flexibility index (Phi) is 4.75. The van der Waals surface area contributed by atoms with E-state index in [0.29, 0.717) is 30.7 Å². The highest BCUT2D eigenvalue weighted by Gasteiger charge is 2.40. The van der Waals surface area contributed by atoms with Gasteiger partial charge < -0.3 is 25.3 Å². The molecular formula is C22H27N5O3. The smallest absolute Gasteiger partial charge is 0.198 e. The van der Waals surface area contributed by atoms with E-state index in [-0.39, 0.29) is 5.79 Å². The van der Waals surface area contributed by atoms with E-state index in [0.717, 1.165) is 53.7 Å². The summed E-state index contributed by atoms with van der Waals surface area (Å²) >= 11 is 0. The Morgan fingerprint density at radius 2 is 1.97 bits per heavy atom. The summed E-state index contributed by atoms with van der Waals surface area (Å²) in [6, 6.07) is 6.43. The van der Waals surface area contributed by atoms with Crippen LogP contribution in [0.25, 0.3) is 16.8 Å². The zero-order valence-electron chi connectivity index (χ0n) is 17.4. The van der Waals surface area contributed by atoms with E-state index in [9.17, 15) is 0 Å². The van der Waals surface area contributed by atoms with Crippen LogP contribution in [0, 0.1) is 6.92 Å². The van der Waals surface area contributed by atoms with E-state index in [1.165, 1.54) is 6.33 Å². The van der Waals surface area contributed by atoms with Gasteiger partial charge >= 0.3 is 0 Å². The number of para-hydroxylation sites is 1. The lowest BCUT2D eigenvalue weighted by molar-refractivity contribution is -0.177. The molecule has 1 spiro atoms. The van der Waals surface area contributed by atoms with Gasteiger partial charge in [-0.25, -0.2) is 9.50 Å². The van der Waals surface area contributed by atoms with Crippen molar-refractivity contribution < 1.29 is 14.2 Å². The fourth-order valence-corrected chi connectivity index (χ4v) is 4.67. The summed E-state index contributed by atoms with van der Waals surface area (Å²) in [4.78, 5) is 4.30. The van der Waals surface area contributed by atoms with E-state index in [2.05, 4.69) is 15.4 Å². The number of aromatic nitrogens is 3. The fourth-order valence-electron chi connectivity index (χ4n) is 4.67. The molecule has 0 atom stereocenters. The number of nitrogen functional groups attached to an aromatic ring is 1. The Labute approximate surface area is 175 Å². The first-order chi connectivity index (χ1) is 14.6. The molecule has 8 heteroatoms. The minimum absolute atomic E-state index is 0.342. The summed E-state index contributed by atoms with van der Waals surface area (Å²) in [6.07, 6.45) is 7.26. The van der Waals surface area contributed by atoms with Gasteiger partial charge in [-0.1, -0.05) is 12.1 Å². The van der Waals surface area contributed by atoms with Gasteiger partial charge in [0.05, 0.1) is 31.7 Å². The van der Waals surface area contributed by atoms with Gasteiger partial charge in [0.15, 0.2) is 17.2 Å². The molecule has 0 bridgehead atoms. The van der Waals surface area contributed by atoms with Crippen LogP contribution in [0.2, 0.25) is 0 Å². The maximum Gasteiger partial charge on any atom is 0.198 e. The number of pyridine rings is 1. The number of anilines is 2. The zero-order chi connectivity index (χ0) is 20.7. The molecule has 158 valence electrons. The van der Waals surface area contributed by atoms with Gasteiger partial charge in [0.25, 0.3) is 0 Å². The fraction of sp³-hybridized carbons (Fsp3) is 0.455. The van der Waals surface area contributed by atoms with Gasteiger partial charge in [-0.2, -0.15) is 5.10 Å². The molecule has 1 saturated carbocycles. The number of hydrogen-bond donors (Lipinski definition) is 2. The van der Waals surface area contributed by atoms with Gasteiger partial charge in [-0.05, 0) is 25.8 Å². The van der Waals surface area contributed by atoms with Crippen LogP contribution in [-0.2, 0) is 9.47 Å². The molecule has 2 aliphatic rings. The molecule has 3 heterocycles. The maximum absolute atomic E-state index is 6.63. The Bertz CT molecular complexity index is 1060. The first-order valence-electron chi connectivity index (χ1n) is 10.4. The van der Waals surface area contributed by atoms with E-state index in [4.69, 9.17) is 19.9 Å². The second kappa shape index (κ2) is 7.45. The van der Waals surface area contributed by atoms with Crippen molar-refractivity contribution >= 4 is 17.0 Å². The molecule has 0 radical (unpaired) electrons. The molecular weight excluding hydrogens is 382 g/mol. The Morgan fingerprint density at radius 1 is 1.20 bits per heavy atom. The molecule has 1 saturated heterocycles. The third kappa shape index (κ3) is 3.16. The molecule has 1 aliphatic heterocycles. The number of rotatable bonds is 4. The Morgan fingerprint density at radius 3 is 2.70 bits per heavy atom. The highest BCUT2D eigenvalue weighted by Crippen LogP contribution is 2.40. The number of methoxy groups -OCH3 is 1. The van der Waals surface area contributed by atoms with Crippen molar-refractivity contribution in [2.24, 2.45) is 0 Å². The van der Waals surface area contributed by atoms with Crippen molar-refractivity contribution in [3.63, 3.8) is 0 Å². The van der Waals surface area contributed by atoms with Gasteiger partial charge in [-0.3, -0.25) is 0 Å². The number of fused-ring (bicyclic) bond motifs is 1. The summed E-state index contributed by atoms with van der Waals surface area (Å²) in [5, 5.41) is 7.92. The molecule has 1 aliphatic carbocycles. The molecule has 8 nitrogen and oxygen atoms in total. The van der Waals surface area contributed by atoms with E-state index < -0.39 is 0 Å². The van der Waals surface area contributed by atoms with Crippen LogP contribution < -0.4 is 15.8 Å². The number of nitrogens with zero attached hydrogens (tertiary/aromatic N) is 3. The molecule has 1 aromatic carbocycles. The molecule has 5 rings (SSSR count). The number of nitrogens with one attached hydrogen (secondary N) is 1. The van der Waals surface area contributed by atoms with Crippen LogP contribution in [-0.4, -0.2) is 46.8 Å². The third-order valence-corrected chi connectivity index (χ3v) is 6.29. The molecule has 30 heavy (non-hydrogen) atoms. The van der Waals surface area contributed by atoms with Gasteiger partial charge in [-0.15, -0.1) is 0 Å². The number of benzene rings is 1. The average molecular weight is 409 g/mol. The summed E-state index contributed by atoms with van der Waals surface area (Å²) in [6.45, 7) is 3.42. The summed E-state index contributed by atoms with van der Waals surface area (Å²) in [5.41, 5.74) is 11.9. The molecule has 2 fully saturated rings. The topological polar surface area (TPSA) is 95.9 Å². The highest BCUT2D eigenvalue weighted by atomic mass is 16.7. The Hall–Kier alpha value is -2.84. The lowest BCUT2D eigenvalue weighted by Crippen LogP contribution is -2.39. The summed E-state index contributed by atoms with van der Waals surface area (Å²) in [5.74, 6) is 0.351. The first kappa shape index (κ1) is 19.1. The minimum Gasteiger partial charge on any atom is -0.492 e. The second-order valence-electron chi connectivity index (χ2n) is 8.02. The zero-order valence-corrected chi connectivity index (χ0v) is 17.4. The lowest BCUT2D eigenvalue weighted by atomic mass is 9.89. The first-order valence-corrected chi connectivity index (χ1v) is 10.4. The number of nitrogens with two attached hydrogens (primary N) is 1. The van der Waals surface area contributed by atoms with Crippen LogP contribution in [0.1, 0.15) is 31.2 Å². The molecule has 0 amide bonds. The van der Waals surface area contributed by atoms with Crippen molar-refractivity contribution in [1.82, 2.24) is 14.6 Å². The van der Waals surface area contributed by atoms with Crippen LogP contribution >= 0.6 is 0 Å². The standard InChI is InChI=1S/C22H27N5O3/c1-14-17(12-27-21(20(14)28-2)24-13-25-27)16-4-3-5-18(19(16)23)26-15-6-8-22(9-7-15)29-10-11-30-22/h3-5,12-13,15,26H,6-11,23H2,1-2H3. The minimum atomic E-state index is -0.355. The van der Waals surface area contributed by atoms with Crippen molar-refractivity contribution in [3.05, 3.63) is 36.3 Å². The van der Waals surface area contributed by atoms with Crippen LogP contribution in [0.3, 0.4) is 0 Å². The van der Waals surface area contributed by atoms with Crippen molar-refractivity contribution in [1.29, 1.82) is 0 Å². The highest BCUT2D eigenvalue weighted by molar-refractivity contribution is 5.88. The number of hydrogen-bond acceptors (Lipinski definition) is 7. The van der Waals surface area contributed by atoms with Crippen molar-refractivity contribution in [2.75, 3.05) is 31.4 Å². The van der Waals surface area contributed by atoms with Crippen LogP contribution in [0.4, 0.5) is 11.4 Å². The largest absolute Gasteiger partial charge is 0.492 e. The van der Waals surface area contributed by atoms with E-state index in [1.54, 1.807) is 11.6 Å². The maximum atomic E-state index is 6.63. The van der Waals surface area contributed by atoms with E-state index >= 15 is 0 Å². The van der Waals surface area contributed by atoms with Crippen LogP contribution in [0.5, 0.6) is 5.75 Å².